The number of rotatable bonds is 6. The Labute approximate surface area is 164 Å². The molecule has 0 spiro atoms. The molecule has 3 rings (SSSR count). The van der Waals surface area contributed by atoms with E-state index in [0.29, 0.717) is 10.2 Å². The molecule has 11 heteroatoms. The quantitative estimate of drug-likeness (QED) is 0.625. The second kappa shape index (κ2) is 7.78. The van der Waals surface area contributed by atoms with Crippen LogP contribution in [0.2, 0.25) is 0 Å². The first-order chi connectivity index (χ1) is 13.2. The number of aryl methyl sites for hydroxylation is 1. The van der Waals surface area contributed by atoms with E-state index in [1.165, 1.54) is 30.4 Å². The van der Waals surface area contributed by atoms with E-state index < -0.39 is 38.2 Å². The third-order valence-electron chi connectivity index (χ3n) is 3.93. The van der Waals surface area contributed by atoms with Gasteiger partial charge in [0.05, 0.1) is 11.4 Å². The molecule has 2 heterocycles. The minimum Gasteiger partial charge on any atom is -0.271 e. The van der Waals surface area contributed by atoms with Gasteiger partial charge in [-0.25, -0.2) is 22.5 Å². The number of sulfonamides is 1. The smallest absolute Gasteiger partial charge is 0.271 e. The Bertz CT molecular complexity index is 1200. The molecule has 0 saturated heterocycles. The molecule has 0 aliphatic heterocycles. The van der Waals surface area contributed by atoms with Crippen LogP contribution in [0.5, 0.6) is 0 Å². The lowest BCUT2D eigenvalue weighted by molar-refractivity contribution is -0.118. The van der Waals surface area contributed by atoms with Gasteiger partial charge in [0, 0.05) is 4.88 Å². The third-order valence-corrected chi connectivity index (χ3v) is 6.70. The van der Waals surface area contributed by atoms with E-state index in [1.807, 2.05) is 6.92 Å². The van der Waals surface area contributed by atoms with E-state index in [4.69, 9.17) is 0 Å². The minimum atomic E-state index is -4.26. The third kappa shape index (κ3) is 3.96. The number of halogens is 1. The van der Waals surface area contributed by atoms with Crippen LogP contribution in [0.3, 0.4) is 0 Å². The standard InChI is InChI=1S/C17H17FN4O4S2/c1-3-11-8-12-16(27-11)19-9-22(17(12)24)20-15(23)10(2)21-28(25,26)14-7-5-4-6-13(14)18/h4-10,21H,3H2,1-2H3,(H,20,23)/t10-/m0/s1. The van der Waals surface area contributed by atoms with Crippen molar-refractivity contribution in [1.29, 1.82) is 0 Å². The van der Waals surface area contributed by atoms with Crippen LogP contribution in [0.4, 0.5) is 4.39 Å². The van der Waals surface area contributed by atoms with Gasteiger partial charge < -0.3 is 0 Å². The number of carbonyl (C=O) groups is 1. The number of fused-ring (bicyclic) bond motifs is 1. The normalized spacial score (nSPS) is 12.8. The summed E-state index contributed by atoms with van der Waals surface area (Å²) in [5.74, 6) is -1.73. The summed E-state index contributed by atoms with van der Waals surface area (Å²) in [6.45, 7) is 3.24. The zero-order valence-corrected chi connectivity index (χ0v) is 16.6. The van der Waals surface area contributed by atoms with E-state index in [9.17, 15) is 22.4 Å². The number of amides is 1. The van der Waals surface area contributed by atoms with Gasteiger partial charge >= 0.3 is 0 Å². The predicted molar refractivity (Wildman–Crippen MR) is 104 cm³/mol. The van der Waals surface area contributed by atoms with Crippen LogP contribution in [0.1, 0.15) is 18.7 Å². The summed E-state index contributed by atoms with van der Waals surface area (Å²) in [6, 6.07) is 5.27. The molecule has 0 aliphatic rings. The molecule has 0 bridgehead atoms. The Morgan fingerprint density at radius 1 is 1.36 bits per heavy atom. The molecular weight excluding hydrogens is 407 g/mol. The van der Waals surface area contributed by atoms with Crippen LogP contribution < -0.4 is 15.7 Å². The number of carbonyl (C=O) groups excluding carboxylic acids is 1. The molecule has 0 radical (unpaired) electrons. The molecular formula is C17H17FN4O4S2. The van der Waals surface area contributed by atoms with Crippen molar-refractivity contribution in [3.05, 3.63) is 57.7 Å². The van der Waals surface area contributed by atoms with Gasteiger partial charge in [-0.2, -0.15) is 4.72 Å². The van der Waals surface area contributed by atoms with Crippen LogP contribution in [0.15, 0.2) is 46.3 Å². The van der Waals surface area contributed by atoms with Gasteiger partial charge in [-0.1, -0.05) is 19.1 Å². The first-order valence-electron chi connectivity index (χ1n) is 8.30. The maximum atomic E-state index is 13.7. The van der Waals surface area contributed by atoms with Crippen molar-refractivity contribution in [3.8, 4) is 0 Å². The van der Waals surface area contributed by atoms with Gasteiger partial charge in [0.15, 0.2) is 0 Å². The molecule has 2 N–H and O–H groups in total. The van der Waals surface area contributed by atoms with E-state index in [2.05, 4.69) is 15.1 Å². The molecule has 1 aromatic carbocycles. The predicted octanol–water partition coefficient (Wildman–Crippen LogP) is 1.60. The topological polar surface area (TPSA) is 110 Å². The maximum Gasteiger partial charge on any atom is 0.280 e. The summed E-state index contributed by atoms with van der Waals surface area (Å²) in [4.78, 5) is 29.9. The fraction of sp³-hybridized carbons (Fsp3) is 0.235. The fourth-order valence-corrected chi connectivity index (χ4v) is 4.66. The molecule has 0 unspecified atom stereocenters. The van der Waals surface area contributed by atoms with Crippen molar-refractivity contribution >= 4 is 37.5 Å². The van der Waals surface area contributed by atoms with Gasteiger partial charge in [0.25, 0.3) is 11.5 Å². The molecule has 1 atom stereocenters. The molecule has 28 heavy (non-hydrogen) atoms. The first-order valence-corrected chi connectivity index (χ1v) is 10.6. The van der Waals surface area contributed by atoms with E-state index in [1.54, 1.807) is 6.07 Å². The average molecular weight is 424 g/mol. The molecule has 3 aromatic rings. The van der Waals surface area contributed by atoms with Gasteiger partial charge in [-0.3, -0.25) is 15.0 Å². The monoisotopic (exact) mass is 424 g/mol. The number of nitrogens with zero attached hydrogens (tertiary/aromatic N) is 2. The van der Waals surface area contributed by atoms with Crippen molar-refractivity contribution in [1.82, 2.24) is 14.4 Å². The van der Waals surface area contributed by atoms with Gasteiger partial charge in [0.2, 0.25) is 10.0 Å². The van der Waals surface area contributed by atoms with Crippen LogP contribution in [-0.4, -0.2) is 30.0 Å². The average Bonchev–Trinajstić information content (AvgIpc) is 3.08. The Morgan fingerprint density at radius 3 is 2.75 bits per heavy atom. The highest BCUT2D eigenvalue weighted by atomic mass is 32.2. The maximum absolute atomic E-state index is 13.7. The summed E-state index contributed by atoms with van der Waals surface area (Å²) < 4.78 is 41.3. The highest BCUT2D eigenvalue weighted by Gasteiger charge is 2.25. The van der Waals surface area contributed by atoms with E-state index in [-0.39, 0.29) is 0 Å². The fourth-order valence-electron chi connectivity index (χ4n) is 2.45. The van der Waals surface area contributed by atoms with Crippen molar-refractivity contribution in [2.24, 2.45) is 0 Å². The number of aromatic nitrogens is 2. The van der Waals surface area contributed by atoms with Crippen molar-refractivity contribution in [3.63, 3.8) is 0 Å². The Balaban J connectivity index is 1.79. The Kier molecular flexibility index (Phi) is 5.59. The number of benzene rings is 1. The first kappa shape index (κ1) is 20.1. The lowest BCUT2D eigenvalue weighted by atomic mass is 10.3. The van der Waals surface area contributed by atoms with Gasteiger partial charge in [-0.15, -0.1) is 11.3 Å². The lowest BCUT2D eigenvalue weighted by Gasteiger charge is -2.15. The number of nitrogens with one attached hydrogen (secondary N) is 2. The molecule has 148 valence electrons. The summed E-state index contributed by atoms with van der Waals surface area (Å²) in [6.07, 6.45) is 1.91. The summed E-state index contributed by atoms with van der Waals surface area (Å²) >= 11 is 1.39. The molecule has 0 saturated carbocycles. The lowest BCUT2D eigenvalue weighted by Crippen LogP contribution is -2.46. The van der Waals surface area contributed by atoms with Crippen LogP contribution in [-0.2, 0) is 21.2 Å². The molecule has 2 aromatic heterocycles. The van der Waals surface area contributed by atoms with Crippen LogP contribution >= 0.6 is 11.3 Å². The zero-order valence-electron chi connectivity index (χ0n) is 15.0. The van der Waals surface area contributed by atoms with Gasteiger partial charge in [0.1, 0.15) is 21.9 Å². The van der Waals surface area contributed by atoms with Crippen molar-refractivity contribution in [2.75, 3.05) is 5.43 Å². The second-order valence-corrected chi connectivity index (χ2v) is 8.75. The number of hydrogen-bond donors (Lipinski definition) is 2. The van der Waals surface area contributed by atoms with Crippen LogP contribution in [0, 0.1) is 5.82 Å². The second-order valence-electron chi connectivity index (χ2n) is 5.95. The molecule has 0 aliphatic carbocycles. The zero-order chi connectivity index (χ0) is 20.5. The minimum absolute atomic E-state index is 0.365. The summed E-state index contributed by atoms with van der Waals surface area (Å²) in [5, 5.41) is 0.365. The number of hydrogen-bond acceptors (Lipinski definition) is 6. The van der Waals surface area contributed by atoms with Crippen molar-refractivity contribution < 1.29 is 17.6 Å². The summed E-state index contributed by atoms with van der Waals surface area (Å²) in [5.41, 5.74) is 1.83. The summed E-state index contributed by atoms with van der Waals surface area (Å²) in [7, 11) is -4.26. The Hall–Kier alpha value is -2.63. The molecule has 1 amide bonds. The SMILES string of the molecule is CCc1cc2c(=O)n(NC(=O)[C@H](C)NS(=O)(=O)c3ccccc3F)cnc2s1. The Morgan fingerprint density at radius 2 is 2.07 bits per heavy atom. The number of thiophene rings is 1. The van der Waals surface area contributed by atoms with Gasteiger partial charge in [-0.05, 0) is 31.5 Å². The largest absolute Gasteiger partial charge is 0.280 e. The highest BCUT2D eigenvalue weighted by molar-refractivity contribution is 7.89. The van der Waals surface area contributed by atoms with E-state index in [0.717, 1.165) is 34.4 Å². The molecule has 0 fully saturated rings. The van der Waals surface area contributed by atoms with Crippen LogP contribution in [0.25, 0.3) is 10.2 Å². The highest BCUT2D eigenvalue weighted by Crippen LogP contribution is 2.20. The van der Waals surface area contributed by atoms with E-state index >= 15 is 0 Å². The molecule has 8 nitrogen and oxygen atoms in total. The van der Waals surface area contributed by atoms with Crippen molar-refractivity contribution in [2.45, 2.75) is 31.2 Å².